The zero-order valence-corrected chi connectivity index (χ0v) is 22.0. The van der Waals surface area contributed by atoms with Crippen molar-refractivity contribution in [2.45, 2.75) is 57.2 Å². The second-order valence-electron chi connectivity index (χ2n) is 10.6. The van der Waals surface area contributed by atoms with Crippen molar-refractivity contribution in [3.63, 3.8) is 0 Å². The van der Waals surface area contributed by atoms with Crippen molar-refractivity contribution < 1.29 is 14.6 Å². The summed E-state index contributed by atoms with van der Waals surface area (Å²) < 4.78 is 8.03. The molecule has 0 aliphatic carbocycles. The van der Waals surface area contributed by atoms with Crippen LogP contribution in [0.1, 0.15) is 54.2 Å². The molecule has 5 rings (SSSR count). The number of amides is 1. The Balaban J connectivity index is 1.16. The van der Waals surface area contributed by atoms with Gasteiger partial charge in [-0.1, -0.05) is 19.1 Å². The number of hydrogen-bond acceptors (Lipinski definition) is 5. The number of hydrogen-bond donors (Lipinski definition) is 1. The fourth-order valence-electron chi connectivity index (χ4n) is 5.36. The average molecular weight is 503 g/mol. The number of aryl methyl sites for hydroxylation is 1. The average Bonchev–Trinajstić information content (AvgIpc) is 3.38. The molecule has 2 aliphatic heterocycles. The van der Waals surface area contributed by atoms with Crippen LogP contribution in [0.2, 0.25) is 0 Å². The number of carbonyl (C=O) groups excluding carboxylic acids is 1. The molecule has 2 aliphatic rings. The number of nitrogens with zero attached hydrogens (tertiary/aromatic N) is 4. The number of benzene rings is 2. The van der Waals surface area contributed by atoms with Crippen LogP contribution in [-0.4, -0.2) is 75.5 Å². The first-order chi connectivity index (χ1) is 17.9. The van der Waals surface area contributed by atoms with Crippen molar-refractivity contribution in [2.75, 3.05) is 33.2 Å². The van der Waals surface area contributed by atoms with E-state index in [9.17, 15) is 9.90 Å². The van der Waals surface area contributed by atoms with Gasteiger partial charge in [-0.15, -0.1) is 0 Å². The minimum atomic E-state index is -0.857. The molecule has 7 heteroatoms. The Kier molecular flexibility index (Phi) is 7.63. The van der Waals surface area contributed by atoms with E-state index in [0.717, 1.165) is 49.5 Å². The molecule has 0 unspecified atom stereocenters. The molecule has 0 bridgehead atoms. The summed E-state index contributed by atoms with van der Waals surface area (Å²) in [6.07, 6.45) is 6.66. The van der Waals surface area contributed by atoms with Crippen LogP contribution in [0, 0.1) is 0 Å². The van der Waals surface area contributed by atoms with Gasteiger partial charge in [-0.05, 0) is 87.2 Å². The molecule has 7 nitrogen and oxygen atoms in total. The smallest absolute Gasteiger partial charge is 0.253 e. The van der Waals surface area contributed by atoms with Crippen LogP contribution in [0.15, 0.2) is 60.8 Å². The van der Waals surface area contributed by atoms with E-state index in [1.54, 1.807) is 6.20 Å². The predicted octanol–water partition coefficient (Wildman–Crippen LogP) is 4.12. The lowest BCUT2D eigenvalue weighted by molar-refractivity contribution is -0.0172. The first kappa shape index (κ1) is 25.5. The molecular formula is C30H38N4O3. The lowest BCUT2D eigenvalue weighted by Gasteiger charge is -2.38. The first-order valence-electron chi connectivity index (χ1n) is 13.5. The second kappa shape index (κ2) is 11.1. The van der Waals surface area contributed by atoms with Crippen LogP contribution < -0.4 is 4.74 Å². The second-order valence-corrected chi connectivity index (χ2v) is 10.6. The number of aliphatic hydroxyl groups is 1. The summed E-state index contributed by atoms with van der Waals surface area (Å²) in [5.41, 5.74) is 3.06. The van der Waals surface area contributed by atoms with Crippen molar-refractivity contribution in [1.29, 1.82) is 0 Å². The number of ether oxygens (including phenoxy) is 1. The van der Waals surface area contributed by atoms with Crippen molar-refractivity contribution in [1.82, 2.24) is 19.6 Å². The van der Waals surface area contributed by atoms with Gasteiger partial charge in [0.2, 0.25) is 0 Å². The molecule has 196 valence electrons. The summed E-state index contributed by atoms with van der Waals surface area (Å²) in [5.74, 6) is 0.828. The van der Waals surface area contributed by atoms with Crippen LogP contribution in [0.3, 0.4) is 0 Å². The summed E-state index contributed by atoms with van der Waals surface area (Å²) in [5, 5.41) is 15.9. The van der Waals surface area contributed by atoms with Crippen LogP contribution in [0.4, 0.5) is 0 Å². The third-order valence-electron chi connectivity index (χ3n) is 7.87. The summed E-state index contributed by atoms with van der Waals surface area (Å²) >= 11 is 0. The van der Waals surface area contributed by atoms with Gasteiger partial charge in [0.05, 0.1) is 11.3 Å². The van der Waals surface area contributed by atoms with E-state index in [0.29, 0.717) is 37.9 Å². The first-order valence-corrected chi connectivity index (χ1v) is 13.5. The van der Waals surface area contributed by atoms with Crippen molar-refractivity contribution >= 4 is 5.91 Å². The zero-order chi connectivity index (χ0) is 25.8. The summed E-state index contributed by atoms with van der Waals surface area (Å²) in [4.78, 5) is 17.3. The van der Waals surface area contributed by atoms with Gasteiger partial charge in [0.25, 0.3) is 5.91 Å². The van der Waals surface area contributed by atoms with E-state index in [2.05, 4.69) is 48.2 Å². The highest BCUT2D eigenvalue weighted by Gasteiger charge is 2.35. The maximum Gasteiger partial charge on any atom is 0.253 e. The number of aromatic nitrogens is 2. The van der Waals surface area contributed by atoms with Crippen molar-refractivity contribution in [2.24, 2.45) is 0 Å². The van der Waals surface area contributed by atoms with Crippen LogP contribution in [0.25, 0.3) is 5.69 Å². The maximum atomic E-state index is 13.1. The zero-order valence-electron chi connectivity index (χ0n) is 22.0. The quantitative estimate of drug-likeness (QED) is 0.526. The van der Waals surface area contributed by atoms with E-state index in [1.165, 1.54) is 5.56 Å². The van der Waals surface area contributed by atoms with Crippen molar-refractivity contribution in [3.8, 4) is 11.4 Å². The molecule has 37 heavy (non-hydrogen) atoms. The van der Waals surface area contributed by atoms with Gasteiger partial charge in [0, 0.05) is 50.1 Å². The number of piperidine rings is 2. The molecule has 2 saturated heterocycles. The molecule has 1 aromatic heterocycles. The largest absolute Gasteiger partial charge is 0.490 e. The van der Waals surface area contributed by atoms with Crippen molar-refractivity contribution in [3.05, 3.63) is 77.6 Å². The molecule has 1 amide bonds. The summed E-state index contributed by atoms with van der Waals surface area (Å²) in [6, 6.07) is 17.9. The molecule has 2 fully saturated rings. The van der Waals surface area contributed by atoms with Gasteiger partial charge in [-0.2, -0.15) is 5.10 Å². The molecule has 1 N–H and O–H groups in total. The minimum Gasteiger partial charge on any atom is -0.490 e. The lowest BCUT2D eigenvalue weighted by atomic mass is 9.86. The van der Waals surface area contributed by atoms with Gasteiger partial charge in [-0.3, -0.25) is 4.79 Å². The molecule has 0 radical (unpaired) electrons. The summed E-state index contributed by atoms with van der Waals surface area (Å²) in [6.45, 7) is 5.31. The molecule has 0 atom stereocenters. The number of rotatable bonds is 7. The Morgan fingerprint density at radius 2 is 1.68 bits per heavy atom. The Hall–Kier alpha value is -3.16. The minimum absolute atomic E-state index is 0.00828. The maximum absolute atomic E-state index is 13.1. The van der Waals surface area contributed by atoms with Crippen LogP contribution in [0.5, 0.6) is 5.75 Å². The monoisotopic (exact) mass is 502 g/mol. The van der Waals surface area contributed by atoms with Gasteiger partial charge in [0.1, 0.15) is 11.9 Å². The normalized spacial score (nSPS) is 18.6. The Morgan fingerprint density at radius 3 is 2.32 bits per heavy atom. The molecule has 0 spiro atoms. The van der Waals surface area contributed by atoms with E-state index in [4.69, 9.17) is 4.74 Å². The fourth-order valence-corrected chi connectivity index (χ4v) is 5.36. The van der Waals surface area contributed by atoms with E-state index < -0.39 is 5.60 Å². The number of carbonyl (C=O) groups is 1. The number of likely N-dealkylation sites (tertiary alicyclic amines) is 2. The Bertz CT molecular complexity index is 1170. The third-order valence-corrected chi connectivity index (χ3v) is 7.87. The lowest BCUT2D eigenvalue weighted by Crippen LogP contribution is -2.48. The standard InChI is InChI=1S/C30H38N4O3/c1-3-23-4-8-25(9-5-23)34-26(12-17-31-34)22-30(36)15-20-33(21-16-30)29(35)24-6-10-27(11-7-24)37-28-13-18-32(2)19-14-28/h4-12,17,28,36H,3,13-16,18-22H2,1-2H3. The molecule has 0 saturated carbocycles. The van der Waals surface area contributed by atoms with Crippen LogP contribution in [-0.2, 0) is 12.8 Å². The van der Waals surface area contributed by atoms with Gasteiger partial charge < -0.3 is 19.6 Å². The Labute approximate surface area is 219 Å². The predicted molar refractivity (Wildman–Crippen MR) is 144 cm³/mol. The Morgan fingerprint density at radius 1 is 1.00 bits per heavy atom. The topological polar surface area (TPSA) is 70.8 Å². The highest BCUT2D eigenvalue weighted by Crippen LogP contribution is 2.28. The molecule has 3 aromatic rings. The van der Waals surface area contributed by atoms with Crippen LogP contribution >= 0.6 is 0 Å². The third kappa shape index (κ3) is 6.05. The van der Waals surface area contributed by atoms with Gasteiger partial charge in [0.15, 0.2) is 0 Å². The fraction of sp³-hybridized carbons (Fsp3) is 0.467. The highest BCUT2D eigenvalue weighted by molar-refractivity contribution is 5.94. The molecule has 3 heterocycles. The highest BCUT2D eigenvalue weighted by atomic mass is 16.5. The van der Waals surface area contributed by atoms with E-state index in [1.807, 2.05) is 39.9 Å². The molecular weight excluding hydrogens is 464 g/mol. The van der Waals surface area contributed by atoms with Gasteiger partial charge in [-0.25, -0.2) is 4.68 Å². The van der Waals surface area contributed by atoms with E-state index in [-0.39, 0.29) is 12.0 Å². The molecule has 2 aromatic carbocycles. The SMILES string of the molecule is CCc1ccc(-n2nccc2CC2(O)CCN(C(=O)c3ccc(OC4CCN(C)CC4)cc3)CC2)cc1. The van der Waals surface area contributed by atoms with E-state index >= 15 is 0 Å². The van der Waals surface area contributed by atoms with Gasteiger partial charge >= 0.3 is 0 Å². The summed E-state index contributed by atoms with van der Waals surface area (Å²) in [7, 11) is 2.14.